The van der Waals surface area contributed by atoms with Crippen LogP contribution in [0, 0.1) is 5.82 Å². The number of halogens is 3. The van der Waals surface area contributed by atoms with Crippen molar-refractivity contribution in [2.24, 2.45) is 5.73 Å². The van der Waals surface area contributed by atoms with Crippen LogP contribution >= 0.6 is 24.8 Å². The number of hydrogen-bond donors (Lipinski definition) is 2. The molecule has 0 bridgehead atoms. The molecule has 1 atom stereocenters. The third kappa shape index (κ3) is 6.71. The van der Waals surface area contributed by atoms with E-state index in [1.54, 1.807) is 29.3 Å². The van der Waals surface area contributed by atoms with E-state index in [2.05, 4.69) is 4.98 Å². The Morgan fingerprint density at radius 1 is 0.966 bits per heavy atom. The van der Waals surface area contributed by atoms with Crippen molar-refractivity contribution in [1.29, 1.82) is 0 Å². The normalized spacial score (nSPS) is 11.0. The van der Waals surface area contributed by atoms with Gasteiger partial charge in [0.2, 0.25) is 5.91 Å². The van der Waals surface area contributed by atoms with Gasteiger partial charge < -0.3 is 16.4 Å². The van der Waals surface area contributed by atoms with Gasteiger partial charge in [0, 0.05) is 11.9 Å². The monoisotopic (exact) mass is 436 g/mol. The summed E-state index contributed by atoms with van der Waals surface area (Å²) < 4.78 is 13.1. The molecule has 0 saturated heterocycles. The Kier molecular flexibility index (Phi) is 9.55. The van der Waals surface area contributed by atoms with Crippen molar-refractivity contribution in [3.05, 3.63) is 89.9 Å². The molecule has 8 heteroatoms. The summed E-state index contributed by atoms with van der Waals surface area (Å²) in [5.41, 5.74) is 14.2. The number of carbonyl (C=O) groups excluding carboxylic acids is 1. The average molecular weight is 437 g/mol. The van der Waals surface area contributed by atoms with Gasteiger partial charge in [-0.1, -0.05) is 36.4 Å². The third-order valence-electron chi connectivity index (χ3n) is 4.21. The molecule has 0 radical (unpaired) electrons. The van der Waals surface area contributed by atoms with Gasteiger partial charge in [0.1, 0.15) is 11.6 Å². The van der Waals surface area contributed by atoms with E-state index in [4.69, 9.17) is 11.5 Å². The highest BCUT2D eigenvalue weighted by atomic mass is 35.5. The second kappa shape index (κ2) is 11.4. The maximum Gasteiger partial charge on any atom is 0.244 e. The highest BCUT2D eigenvalue weighted by molar-refractivity contribution is 5.97. The Labute approximate surface area is 181 Å². The van der Waals surface area contributed by atoms with E-state index in [-0.39, 0.29) is 36.5 Å². The summed E-state index contributed by atoms with van der Waals surface area (Å²) in [6.45, 7) is 0.327. The smallest absolute Gasteiger partial charge is 0.244 e. The molecule has 0 saturated carbocycles. The Bertz CT molecular complexity index is 893. The first-order valence-electron chi connectivity index (χ1n) is 8.60. The van der Waals surface area contributed by atoms with Crippen molar-refractivity contribution in [1.82, 2.24) is 4.98 Å². The molecule has 0 aliphatic heterocycles. The molecule has 0 spiro atoms. The molecule has 5 nitrogen and oxygen atoms in total. The van der Waals surface area contributed by atoms with Crippen LogP contribution in [0.2, 0.25) is 0 Å². The van der Waals surface area contributed by atoms with Gasteiger partial charge in [-0.2, -0.15) is 0 Å². The fourth-order valence-corrected chi connectivity index (χ4v) is 2.78. The standard InChI is InChI=1S/C21H21FN4O.2ClH/c22-17-9-6-15(7-10-17)12-19(23)21(27)26(18-4-2-1-3-5-18)14-16-8-11-20(24)25-13-16;;/h1-11,13,19H,12,14,23H2,(H2,24,25);2*1H/t19-;;/m0../s1. The van der Waals surface area contributed by atoms with Gasteiger partial charge in [-0.3, -0.25) is 4.79 Å². The molecular formula is C21H23Cl2FN4O. The van der Waals surface area contributed by atoms with Gasteiger partial charge in [-0.15, -0.1) is 24.8 Å². The van der Waals surface area contributed by atoms with E-state index >= 15 is 0 Å². The molecule has 1 aromatic heterocycles. The van der Waals surface area contributed by atoms with Gasteiger partial charge in [0.25, 0.3) is 0 Å². The van der Waals surface area contributed by atoms with E-state index in [0.717, 1.165) is 16.8 Å². The predicted molar refractivity (Wildman–Crippen MR) is 119 cm³/mol. The van der Waals surface area contributed by atoms with Crippen molar-refractivity contribution in [2.45, 2.75) is 19.0 Å². The SMILES string of the molecule is Cl.Cl.Nc1ccc(CN(C(=O)[C@@H](N)Cc2ccc(F)cc2)c2ccccc2)cn1. The summed E-state index contributed by atoms with van der Waals surface area (Å²) in [6, 6.07) is 18.1. The number of nitrogens with zero attached hydrogens (tertiary/aromatic N) is 2. The van der Waals surface area contributed by atoms with Crippen LogP contribution < -0.4 is 16.4 Å². The molecule has 0 aliphatic rings. The number of hydrogen-bond acceptors (Lipinski definition) is 4. The number of nitrogen functional groups attached to an aromatic ring is 1. The minimum atomic E-state index is -0.752. The Balaban J connectivity index is 0.00000210. The fraction of sp³-hybridized carbons (Fsp3) is 0.143. The van der Waals surface area contributed by atoms with E-state index in [9.17, 15) is 9.18 Å². The van der Waals surface area contributed by atoms with Crippen LogP contribution in [-0.2, 0) is 17.8 Å². The second-order valence-corrected chi connectivity index (χ2v) is 6.29. The average Bonchev–Trinajstić information content (AvgIpc) is 2.69. The van der Waals surface area contributed by atoms with Gasteiger partial charge >= 0.3 is 0 Å². The van der Waals surface area contributed by atoms with E-state index in [0.29, 0.717) is 18.8 Å². The fourth-order valence-electron chi connectivity index (χ4n) is 2.78. The minimum Gasteiger partial charge on any atom is -0.384 e. The molecule has 3 aromatic rings. The number of anilines is 2. The Morgan fingerprint density at radius 2 is 1.59 bits per heavy atom. The molecular weight excluding hydrogens is 414 g/mol. The van der Waals surface area contributed by atoms with Crippen LogP contribution in [0.3, 0.4) is 0 Å². The highest BCUT2D eigenvalue weighted by Gasteiger charge is 2.23. The topological polar surface area (TPSA) is 85.2 Å². The largest absolute Gasteiger partial charge is 0.384 e. The summed E-state index contributed by atoms with van der Waals surface area (Å²) in [5, 5.41) is 0. The minimum absolute atomic E-state index is 0. The number of amides is 1. The summed E-state index contributed by atoms with van der Waals surface area (Å²) in [5.74, 6) is -0.118. The zero-order chi connectivity index (χ0) is 19.2. The summed E-state index contributed by atoms with van der Waals surface area (Å²) in [4.78, 5) is 18.8. The highest BCUT2D eigenvalue weighted by Crippen LogP contribution is 2.19. The second-order valence-electron chi connectivity index (χ2n) is 6.29. The van der Waals surface area contributed by atoms with Crippen molar-refractivity contribution in [3.8, 4) is 0 Å². The lowest BCUT2D eigenvalue weighted by atomic mass is 10.0. The lowest BCUT2D eigenvalue weighted by Gasteiger charge is -2.26. The Morgan fingerprint density at radius 3 is 2.17 bits per heavy atom. The zero-order valence-corrected chi connectivity index (χ0v) is 17.2. The molecule has 0 unspecified atom stereocenters. The summed E-state index contributed by atoms with van der Waals surface area (Å²) >= 11 is 0. The van der Waals surface area contributed by atoms with Crippen LogP contribution in [0.1, 0.15) is 11.1 Å². The first-order chi connectivity index (χ1) is 13.0. The van der Waals surface area contributed by atoms with Crippen molar-refractivity contribution in [2.75, 3.05) is 10.6 Å². The van der Waals surface area contributed by atoms with Crippen LogP contribution in [0.25, 0.3) is 0 Å². The summed E-state index contributed by atoms with van der Waals surface area (Å²) in [6.07, 6.45) is 1.96. The van der Waals surface area contributed by atoms with E-state index in [1.807, 2.05) is 36.4 Å². The lowest BCUT2D eigenvalue weighted by Crippen LogP contribution is -2.44. The van der Waals surface area contributed by atoms with Crippen molar-refractivity contribution < 1.29 is 9.18 Å². The molecule has 29 heavy (non-hydrogen) atoms. The molecule has 1 heterocycles. The van der Waals surface area contributed by atoms with Crippen LogP contribution in [-0.4, -0.2) is 16.9 Å². The van der Waals surface area contributed by atoms with Crippen LogP contribution in [0.5, 0.6) is 0 Å². The molecule has 2 aromatic carbocycles. The molecule has 154 valence electrons. The number of aromatic nitrogens is 1. The van der Waals surface area contributed by atoms with Gasteiger partial charge in [-0.25, -0.2) is 9.37 Å². The van der Waals surface area contributed by atoms with Crippen molar-refractivity contribution >= 4 is 42.2 Å². The number of carbonyl (C=O) groups is 1. The number of pyridine rings is 1. The Hall–Kier alpha value is -2.67. The van der Waals surface area contributed by atoms with Gasteiger partial charge in [0.05, 0.1) is 12.6 Å². The quantitative estimate of drug-likeness (QED) is 0.615. The first-order valence-corrected chi connectivity index (χ1v) is 8.60. The summed E-state index contributed by atoms with van der Waals surface area (Å²) in [7, 11) is 0. The van der Waals surface area contributed by atoms with E-state index < -0.39 is 6.04 Å². The third-order valence-corrected chi connectivity index (χ3v) is 4.21. The number of rotatable bonds is 6. The van der Waals surface area contributed by atoms with E-state index in [1.165, 1.54) is 12.1 Å². The lowest BCUT2D eigenvalue weighted by molar-refractivity contribution is -0.120. The van der Waals surface area contributed by atoms with Gasteiger partial charge in [-0.05, 0) is 47.9 Å². The number of nitrogens with two attached hydrogens (primary N) is 2. The maximum absolute atomic E-state index is 13.1. The number of benzene rings is 2. The van der Waals surface area contributed by atoms with Crippen LogP contribution in [0.15, 0.2) is 72.9 Å². The van der Waals surface area contributed by atoms with Crippen LogP contribution in [0.4, 0.5) is 15.9 Å². The van der Waals surface area contributed by atoms with Crippen molar-refractivity contribution in [3.63, 3.8) is 0 Å². The molecule has 4 N–H and O–H groups in total. The first kappa shape index (κ1) is 24.4. The number of para-hydroxylation sites is 1. The molecule has 1 amide bonds. The molecule has 0 fully saturated rings. The predicted octanol–water partition coefficient (Wildman–Crippen LogP) is 3.75. The molecule has 3 rings (SSSR count). The zero-order valence-electron chi connectivity index (χ0n) is 15.6. The maximum atomic E-state index is 13.1. The van der Waals surface area contributed by atoms with Gasteiger partial charge in [0.15, 0.2) is 0 Å². The molecule has 0 aliphatic carbocycles.